The lowest BCUT2D eigenvalue weighted by molar-refractivity contribution is -0.177. The molecule has 0 saturated carbocycles. The van der Waals surface area contributed by atoms with Crippen LogP contribution in [0.15, 0.2) is 77.4 Å². The zero-order valence-electron chi connectivity index (χ0n) is 24.2. The fraction of sp³-hybridized carbons (Fsp3) is 0.250. The minimum Gasteiger partial charge on any atom is -0.755 e. The van der Waals surface area contributed by atoms with E-state index in [1.54, 1.807) is 69.1 Å². The number of sulfonamides is 1. The van der Waals surface area contributed by atoms with Gasteiger partial charge in [0.15, 0.2) is 0 Å². The number of hydrogen-bond donors (Lipinski definition) is 5. The smallest absolute Gasteiger partial charge is 0.254 e. The number of allylic oxidation sites excluding steroid dienone is 1. The van der Waals surface area contributed by atoms with Crippen LogP contribution in [-0.4, -0.2) is 62.7 Å². The zero-order chi connectivity index (χ0) is 31.8. The van der Waals surface area contributed by atoms with Crippen molar-refractivity contribution in [1.29, 1.82) is 0 Å². The Labute approximate surface area is 257 Å². The Morgan fingerprint density at radius 2 is 1.64 bits per heavy atom. The van der Waals surface area contributed by atoms with Crippen molar-refractivity contribution < 1.29 is 26.7 Å². The average Bonchev–Trinajstić information content (AvgIpc) is 2.94. The van der Waals surface area contributed by atoms with Crippen LogP contribution in [0.1, 0.15) is 19.4 Å². The lowest BCUT2D eigenvalue weighted by atomic mass is 9.95. The third kappa shape index (κ3) is 6.89. The average molecular weight is 640 g/mol. The van der Waals surface area contributed by atoms with E-state index in [9.17, 15) is 22.0 Å². The molecule has 3 unspecified atom stereocenters. The van der Waals surface area contributed by atoms with E-state index in [4.69, 9.17) is 9.88 Å². The number of ether oxygens (including phenoxy) is 1. The topological polar surface area (TPSA) is 204 Å². The van der Waals surface area contributed by atoms with Crippen LogP contribution >= 0.6 is 0 Å². The number of rotatable bonds is 9. The number of nitrogens with one attached hydrogen (secondary N) is 4. The van der Waals surface area contributed by atoms with Crippen molar-refractivity contribution in [2.45, 2.75) is 43.4 Å². The third-order valence-corrected chi connectivity index (χ3v) is 8.33. The summed E-state index contributed by atoms with van der Waals surface area (Å²) in [5.41, 5.74) is 1.54. The zero-order valence-corrected chi connectivity index (χ0v) is 25.8. The van der Waals surface area contributed by atoms with Crippen LogP contribution in [0.4, 0.5) is 34.6 Å². The first kappa shape index (κ1) is 31.1. The number of likely N-dealkylation sites (N-methyl/N-ethyl adjacent to an activating group) is 1. The molecule has 2 heterocycles. The summed E-state index contributed by atoms with van der Waals surface area (Å²) in [6.45, 7) is 5.24. The summed E-state index contributed by atoms with van der Waals surface area (Å²) in [4.78, 5) is 23.7. The highest BCUT2D eigenvalue weighted by molar-refractivity contribution is 7.89. The van der Waals surface area contributed by atoms with E-state index < -0.39 is 26.9 Å². The number of hydrogen-bond acceptors (Lipinski definition) is 11. The van der Waals surface area contributed by atoms with E-state index in [0.717, 1.165) is 0 Å². The SMILES string of the molecule is Cc1c(Nc2cccc(NS(=O)[O-])c2)nc(NC2=CC3C(C=C2)OC(C)(C)C(=O)N3C)nc1Nc1cccc(S(N)(=O)=O)c1. The molecule has 5 rings (SSSR count). The minimum atomic E-state index is -3.94. The summed E-state index contributed by atoms with van der Waals surface area (Å²) in [5.74, 6) is 0.758. The van der Waals surface area contributed by atoms with Crippen LogP contribution in [-0.2, 0) is 30.8 Å². The molecule has 232 valence electrons. The summed E-state index contributed by atoms with van der Waals surface area (Å²) < 4.78 is 54.4. The molecule has 1 saturated heterocycles. The Morgan fingerprint density at radius 3 is 2.27 bits per heavy atom. The molecule has 0 bridgehead atoms. The van der Waals surface area contributed by atoms with Gasteiger partial charge >= 0.3 is 0 Å². The maximum absolute atomic E-state index is 12.8. The van der Waals surface area contributed by atoms with Gasteiger partial charge in [-0.1, -0.05) is 18.2 Å². The van der Waals surface area contributed by atoms with Gasteiger partial charge in [0.25, 0.3) is 5.91 Å². The van der Waals surface area contributed by atoms with Crippen molar-refractivity contribution in [3.8, 4) is 0 Å². The molecule has 0 radical (unpaired) electrons. The first-order valence-electron chi connectivity index (χ1n) is 13.3. The summed E-state index contributed by atoms with van der Waals surface area (Å²) in [6, 6.07) is 12.2. The summed E-state index contributed by atoms with van der Waals surface area (Å²) >= 11 is -2.50. The fourth-order valence-corrected chi connectivity index (χ4v) is 5.73. The monoisotopic (exact) mass is 639 g/mol. The van der Waals surface area contributed by atoms with Gasteiger partial charge in [0.1, 0.15) is 23.3 Å². The highest BCUT2D eigenvalue weighted by Crippen LogP contribution is 2.32. The third-order valence-electron chi connectivity index (χ3n) is 7.02. The van der Waals surface area contributed by atoms with Gasteiger partial charge in [-0.15, -0.1) is 0 Å². The molecule has 3 atom stereocenters. The van der Waals surface area contributed by atoms with Gasteiger partial charge in [0.2, 0.25) is 16.0 Å². The number of aromatic nitrogens is 2. The van der Waals surface area contributed by atoms with Crippen LogP contribution in [0.2, 0.25) is 0 Å². The van der Waals surface area contributed by atoms with Crippen LogP contribution < -0.4 is 25.8 Å². The van der Waals surface area contributed by atoms with E-state index in [0.29, 0.717) is 40.0 Å². The maximum Gasteiger partial charge on any atom is 0.254 e. The summed E-state index contributed by atoms with van der Waals surface area (Å²) in [5, 5.41) is 14.8. The van der Waals surface area contributed by atoms with Crippen molar-refractivity contribution in [2.75, 3.05) is 27.7 Å². The molecule has 16 heteroatoms. The second-order valence-corrected chi connectivity index (χ2v) is 13.0. The molecule has 1 aromatic heterocycles. The lowest BCUT2D eigenvalue weighted by Crippen LogP contribution is -2.60. The summed E-state index contributed by atoms with van der Waals surface area (Å²) in [7, 11) is -2.22. The van der Waals surface area contributed by atoms with Crippen LogP contribution in [0.5, 0.6) is 0 Å². The van der Waals surface area contributed by atoms with Gasteiger partial charge in [-0.05, 0) is 69.3 Å². The van der Waals surface area contributed by atoms with E-state index >= 15 is 0 Å². The van der Waals surface area contributed by atoms with Gasteiger partial charge in [-0.2, -0.15) is 9.97 Å². The molecule has 1 amide bonds. The van der Waals surface area contributed by atoms with Gasteiger partial charge < -0.3 is 34.9 Å². The Morgan fingerprint density at radius 1 is 1.02 bits per heavy atom. The molecule has 14 nitrogen and oxygen atoms in total. The molecule has 1 aliphatic carbocycles. The van der Waals surface area contributed by atoms with Gasteiger partial charge in [-0.3, -0.25) is 9.00 Å². The quantitative estimate of drug-likeness (QED) is 0.215. The fourth-order valence-electron chi connectivity index (χ4n) is 4.85. The molecule has 2 aromatic carbocycles. The highest BCUT2D eigenvalue weighted by atomic mass is 32.2. The van der Waals surface area contributed by atoms with Gasteiger partial charge in [-0.25, -0.2) is 13.6 Å². The Bertz CT molecular complexity index is 1810. The van der Waals surface area contributed by atoms with Crippen molar-refractivity contribution in [1.82, 2.24) is 14.9 Å². The predicted octanol–water partition coefficient (Wildman–Crippen LogP) is 3.00. The Kier molecular flexibility index (Phi) is 8.46. The van der Waals surface area contributed by atoms with Gasteiger partial charge in [0, 0.05) is 46.6 Å². The van der Waals surface area contributed by atoms with E-state index in [1.165, 1.54) is 12.1 Å². The van der Waals surface area contributed by atoms with Crippen molar-refractivity contribution in [3.05, 3.63) is 78.0 Å². The number of fused-ring (bicyclic) bond motifs is 1. The van der Waals surface area contributed by atoms with E-state index in [2.05, 4.69) is 30.6 Å². The van der Waals surface area contributed by atoms with E-state index in [-0.39, 0.29) is 28.9 Å². The Hall–Kier alpha value is -4.35. The maximum atomic E-state index is 12.8. The molecule has 3 aromatic rings. The Balaban J connectivity index is 1.50. The minimum absolute atomic E-state index is 0.0745. The highest BCUT2D eigenvalue weighted by Gasteiger charge is 2.44. The first-order valence-corrected chi connectivity index (χ1v) is 16.0. The number of primary sulfonamides is 1. The molecular weight excluding hydrogens is 608 g/mol. The van der Waals surface area contributed by atoms with Crippen LogP contribution in [0, 0.1) is 6.92 Å². The van der Waals surface area contributed by atoms with Crippen molar-refractivity contribution in [2.24, 2.45) is 5.14 Å². The number of carbonyl (C=O) groups is 1. The summed E-state index contributed by atoms with van der Waals surface area (Å²) in [6.07, 6.45) is 5.20. The van der Waals surface area contributed by atoms with Gasteiger partial charge in [0.05, 0.1) is 10.9 Å². The molecule has 1 fully saturated rings. The molecule has 2 aliphatic rings. The molecule has 1 aliphatic heterocycles. The number of nitrogens with two attached hydrogens (primary N) is 1. The molecule has 0 spiro atoms. The van der Waals surface area contributed by atoms with Crippen LogP contribution in [0.25, 0.3) is 0 Å². The standard InChI is InChI=1S/C28H32N8O6S2/c1-16-24(30-17-7-5-9-20(13-17)35-43(38)39)33-27(34-25(16)31-18-8-6-10-21(14-18)44(29,40)41)32-19-11-12-23-22(15-19)36(4)26(37)28(2,3)42-23/h5-15,22-23,35H,1-4H3,(H,38,39)(H2,29,40,41)(H3,30,31,32,33,34)/p-1. The second kappa shape index (κ2) is 12.0. The van der Waals surface area contributed by atoms with Crippen LogP contribution in [0.3, 0.4) is 0 Å². The predicted molar refractivity (Wildman–Crippen MR) is 166 cm³/mol. The van der Waals surface area contributed by atoms with E-state index in [1.807, 2.05) is 18.2 Å². The number of benzene rings is 2. The first-order chi connectivity index (χ1) is 20.7. The number of nitrogens with zero attached hydrogens (tertiary/aromatic N) is 3. The largest absolute Gasteiger partial charge is 0.755 e. The van der Waals surface area contributed by atoms with Crippen molar-refractivity contribution >= 4 is 61.8 Å². The molecule has 44 heavy (non-hydrogen) atoms. The van der Waals surface area contributed by atoms with Crippen molar-refractivity contribution in [3.63, 3.8) is 0 Å². The molecule has 6 N–H and O–H groups in total. The number of anilines is 6. The number of carbonyl (C=O) groups excluding carboxylic acids is 1. The molecular formula is C28H31N8O6S2-. The normalized spacial score (nSPS) is 19.9. The number of amides is 1. The lowest BCUT2D eigenvalue weighted by Gasteiger charge is -2.45. The second-order valence-electron chi connectivity index (χ2n) is 10.7. The number of morpholine rings is 1.